The van der Waals surface area contributed by atoms with E-state index in [1.807, 2.05) is 18.2 Å². The summed E-state index contributed by atoms with van der Waals surface area (Å²) in [6, 6.07) is 8.36. The first-order chi connectivity index (χ1) is 10.6. The van der Waals surface area contributed by atoms with Gasteiger partial charge in [0.25, 0.3) is 0 Å². The molecule has 4 heteroatoms. The molecule has 3 nitrogen and oxygen atoms in total. The number of carbonyl (C=O) groups excluding carboxylic acids is 1. The Morgan fingerprint density at radius 1 is 1.32 bits per heavy atom. The van der Waals surface area contributed by atoms with Crippen LogP contribution in [0.3, 0.4) is 0 Å². The van der Waals surface area contributed by atoms with Crippen LogP contribution < -0.4 is 5.32 Å². The number of carbonyl (C=O) groups is 1. The number of hydrogen-bond acceptors (Lipinski definition) is 2. The van der Waals surface area contributed by atoms with E-state index in [1.54, 1.807) is 0 Å². The fourth-order valence-electron chi connectivity index (χ4n) is 3.06. The summed E-state index contributed by atoms with van der Waals surface area (Å²) in [5, 5.41) is 3.97. The Balaban J connectivity index is 1.79. The van der Waals surface area contributed by atoms with Crippen molar-refractivity contribution in [2.45, 2.75) is 52.1 Å². The number of amides is 1. The standard InChI is InChI=1S/C18H27ClN2O/c1-3-17(4-2)20-18(22)15-8-10-21(11-9-15)13-14-6-5-7-16(19)12-14/h5-7,12,15,17H,3-4,8-11,13H2,1-2H3,(H,20,22). The van der Waals surface area contributed by atoms with Crippen molar-refractivity contribution in [3.63, 3.8) is 0 Å². The summed E-state index contributed by atoms with van der Waals surface area (Å²) in [4.78, 5) is 14.7. The molecule has 1 aliphatic heterocycles. The number of hydrogen-bond donors (Lipinski definition) is 1. The van der Waals surface area contributed by atoms with Gasteiger partial charge in [0.1, 0.15) is 0 Å². The van der Waals surface area contributed by atoms with Crippen LogP contribution in [0.5, 0.6) is 0 Å². The van der Waals surface area contributed by atoms with Gasteiger partial charge in [-0.2, -0.15) is 0 Å². The molecule has 0 bridgehead atoms. The van der Waals surface area contributed by atoms with Crippen molar-refractivity contribution in [1.82, 2.24) is 10.2 Å². The summed E-state index contributed by atoms with van der Waals surface area (Å²) in [6.45, 7) is 7.13. The van der Waals surface area contributed by atoms with Crippen LogP contribution in [0.2, 0.25) is 5.02 Å². The van der Waals surface area contributed by atoms with Gasteiger partial charge in [-0.25, -0.2) is 0 Å². The molecule has 1 heterocycles. The summed E-state index contributed by atoms with van der Waals surface area (Å²) in [5.74, 6) is 0.423. The van der Waals surface area contributed by atoms with Gasteiger partial charge in [0.05, 0.1) is 0 Å². The Morgan fingerprint density at radius 2 is 2.00 bits per heavy atom. The maximum Gasteiger partial charge on any atom is 0.223 e. The van der Waals surface area contributed by atoms with E-state index in [1.165, 1.54) is 5.56 Å². The molecule has 1 fully saturated rings. The summed E-state index contributed by atoms with van der Waals surface area (Å²) >= 11 is 6.03. The molecule has 1 aliphatic rings. The van der Waals surface area contributed by atoms with E-state index in [-0.39, 0.29) is 11.8 Å². The van der Waals surface area contributed by atoms with Crippen LogP contribution >= 0.6 is 11.6 Å². The predicted octanol–water partition coefficient (Wildman–Crippen LogP) is 3.86. The minimum Gasteiger partial charge on any atom is -0.353 e. The number of piperidine rings is 1. The highest BCUT2D eigenvalue weighted by atomic mass is 35.5. The van der Waals surface area contributed by atoms with Gasteiger partial charge in [0.15, 0.2) is 0 Å². The maximum absolute atomic E-state index is 12.3. The van der Waals surface area contributed by atoms with E-state index in [2.05, 4.69) is 30.1 Å². The second-order valence-electron chi connectivity index (χ2n) is 6.20. The summed E-state index contributed by atoms with van der Waals surface area (Å²) in [5.41, 5.74) is 1.24. The fourth-order valence-corrected chi connectivity index (χ4v) is 3.27. The smallest absolute Gasteiger partial charge is 0.223 e. The van der Waals surface area contributed by atoms with E-state index >= 15 is 0 Å². The highest BCUT2D eigenvalue weighted by Gasteiger charge is 2.25. The first-order valence-electron chi connectivity index (χ1n) is 8.39. The zero-order chi connectivity index (χ0) is 15.9. The van der Waals surface area contributed by atoms with Crippen molar-refractivity contribution in [3.05, 3.63) is 34.9 Å². The average Bonchev–Trinajstić information content (AvgIpc) is 2.53. The van der Waals surface area contributed by atoms with E-state index in [4.69, 9.17) is 11.6 Å². The number of likely N-dealkylation sites (tertiary alicyclic amines) is 1. The quantitative estimate of drug-likeness (QED) is 0.862. The van der Waals surface area contributed by atoms with E-state index < -0.39 is 0 Å². The molecular weight excluding hydrogens is 296 g/mol. The molecule has 1 aromatic carbocycles. The monoisotopic (exact) mass is 322 g/mol. The van der Waals surface area contributed by atoms with Crippen LogP contribution in [0.15, 0.2) is 24.3 Å². The van der Waals surface area contributed by atoms with Gasteiger partial charge in [-0.3, -0.25) is 9.69 Å². The van der Waals surface area contributed by atoms with Crippen LogP contribution in [-0.2, 0) is 11.3 Å². The summed E-state index contributed by atoms with van der Waals surface area (Å²) in [7, 11) is 0. The topological polar surface area (TPSA) is 32.3 Å². The molecule has 0 unspecified atom stereocenters. The maximum atomic E-state index is 12.3. The molecule has 0 spiro atoms. The molecular formula is C18H27ClN2O. The molecule has 0 aromatic heterocycles. The van der Waals surface area contributed by atoms with E-state index in [0.29, 0.717) is 6.04 Å². The van der Waals surface area contributed by atoms with Crippen LogP contribution in [0, 0.1) is 5.92 Å². The van der Waals surface area contributed by atoms with Crippen LogP contribution in [0.4, 0.5) is 0 Å². The lowest BCUT2D eigenvalue weighted by atomic mass is 9.95. The summed E-state index contributed by atoms with van der Waals surface area (Å²) in [6.07, 6.45) is 3.92. The number of nitrogens with zero attached hydrogens (tertiary/aromatic N) is 1. The molecule has 0 radical (unpaired) electrons. The van der Waals surface area contributed by atoms with Gasteiger partial charge < -0.3 is 5.32 Å². The van der Waals surface area contributed by atoms with Crippen LogP contribution in [0.1, 0.15) is 45.1 Å². The molecule has 0 saturated carbocycles. The average molecular weight is 323 g/mol. The second-order valence-corrected chi connectivity index (χ2v) is 6.64. The number of halogens is 1. The zero-order valence-corrected chi connectivity index (χ0v) is 14.4. The molecule has 0 atom stereocenters. The molecule has 0 aliphatic carbocycles. The Labute approximate surface area is 139 Å². The van der Waals surface area contributed by atoms with E-state index in [9.17, 15) is 4.79 Å². The second kappa shape index (κ2) is 8.54. The third-order valence-corrected chi connectivity index (χ3v) is 4.82. The van der Waals surface area contributed by atoms with Crippen molar-refractivity contribution in [3.8, 4) is 0 Å². The Kier molecular flexibility index (Phi) is 6.71. The van der Waals surface area contributed by atoms with Gasteiger partial charge in [0.2, 0.25) is 5.91 Å². The SMILES string of the molecule is CCC(CC)NC(=O)C1CCN(Cc2cccc(Cl)c2)CC1. The van der Waals surface area contributed by atoms with Gasteiger partial charge >= 0.3 is 0 Å². The third-order valence-electron chi connectivity index (χ3n) is 4.59. The van der Waals surface area contributed by atoms with Crippen molar-refractivity contribution in [2.24, 2.45) is 5.92 Å². The molecule has 1 aromatic rings. The molecule has 1 saturated heterocycles. The third kappa shape index (κ3) is 4.99. The summed E-state index contributed by atoms with van der Waals surface area (Å²) < 4.78 is 0. The minimum atomic E-state index is 0.177. The van der Waals surface area contributed by atoms with Gasteiger partial charge in [-0.1, -0.05) is 37.6 Å². The predicted molar refractivity (Wildman–Crippen MR) is 92.0 cm³/mol. The molecule has 2 rings (SSSR count). The van der Waals surface area contributed by atoms with Gasteiger partial charge in [-0.05, 0) is 56.5 Å². The largest absolute Gasteiger partial charge is 0.353 e. The van der Waals surface area contributed by atoms with Gasteiger partial charge in [-0.15, -0.1) is 0 Å². The molecule has 122 valence electrons. The Hall–Kier alpha value is -1.06. The van der Waals surface area contributed by atoms with Gasteiger partial charge in [0, 0.05) is 23.5 Å². The zero-order valence-electron chi connectivity index (χ0n) is 13.6. The lowest BCUT2D eigenvalue weighted by molar-refractivity contribution is -0.127. The lowest BCUT2D eigenvalue weighted by Gasteiger charge is -2.32. The Bertz CT molecular complexity index is 480. The number of rotatable bonds is 6. The van der Waals surface area contributed by atoms with Crippen molar-refractivity contribution >= 4 is 17.5 Å². The van der Waals surface area contributed by atoms with Crippen molar-refractivity contribution < 1.29 is 4.79 Å². The van der Waals surface area contributed by atoms with E-state index in [0.717, 1.165) is 50.3 Å². The Morgan fingerprint density at radius 3 is 2.59 bits per heavy atom. The molecule has 22 heavy (non-hydrogen) atoms. The molecule has 1 N–H and O–H groups in total. The highest BCUT2D eigenvalue weighted by molar-refractivity contribution is 6.30. The van der Waals surface area contributed by atoms with Crippen LogP contribution in [0.25, 0.3) is 0 Å². The number of benzene rings is 1. The van der Waals surface area contributed by atoms with Crippen molar-refractivity contribution in [2.75, 3.05) is 13.1 Å². The first kappa shape index (κ1) is 17.3. The highest BCUT2D eigenvalue weighted by Crippen LogP contribution is 2.20. The first-order valence-corrected chi connectivity index (χ1v) is 8.77. The lowest BCUT2D eigenvalue weighted by Crippen LogP contribution is -2.43. The van der Waals surface area contributed by atoms with Crippen LogP contribution in [-0.4, -0.2) is 29.9 Å². The normalized spacial score (nSPS) is 16.9. The number of nitrogens with one attached hydrogen (secondary N) is 1. The van der Waals surface area contributed by atoms with Crippen molar-refractivity contribution in [1.29, 1.82) is 0 Å². The fraction of sp³-hybridized carbons (Fsp3) is 0.611. The molecule has 1 amide bonds. The minimum absolute atomic E-state index is 0.177.